The molecule has 0 aliphatic carbocycles. The molecule has 1 aliphatic rings. The summed E-state index contributed by atoms with van der Waals surface area (Å²) in [5.74, 6) is 0.131. The Balaban J connectivity index is 2.08. The van der Waals surface area contributed by atoms with Crippen molar-refractivity contribution in [3.63, 3.8) is 0 Å². The van der Waals surface area contributed by atoms with Crippen LogP contribution in [0.4, 0.5) is 4.39 Å². The van der Waals surface area contributed by atoms with Gasteiger partial charge in [-0.1, -0.05) is 18.6 Å². The number of benzene rings is 1. The average Bonchev–Trinajstić information content (AvgIpc) is 2.29. The maximum Gasteiger partial charge on any atom is 0.140 e. The molecule has 0 spiro atoms. The van der Waals surface area contributed by atoms with Crippen molar-refractivity contribution in [1.29, 1.82) is 0 Å². The van der Waals surface area contributed by atoms with Crippen LogP contribution in [-0.4, -0.2) is 17.7 Å². The van der Waals surface area contributed by atoms with Gasteiger partial charge < -0.3 is 10.4 Å². The Morgan fingerprint density at radius 2 is 2.27 bits per heavy atom. The second-order valence-corrected chi connectivity index (χ2v) is 4.05. The number of hydrogen-bond acceptors (Lipinski definition) is 2. The van der Waals surface area contributed by atoms with Gasteiger partial charge in [-0.2, -0.15) is 0 Å². The Hall–Kier alpha value is -1.09. The topological polar surface area (TPSA) is 32.3 Å². The monoisotopic (exact) mass is 209 g/mol. The van der Waals surface area contributed by atoms with Crippen LogP contribution in [0.25, 0.3) is 0 Å². The second-order valence-electron chi connectivity index (χ2n) is 4.05. The quantitative estimate of drug-likeness (QED) is 0.784. The Bertz CT molecular complexity index is 323. The summed E-state index contributed by atoms with van der Waals surface area (Å²) in [5, 5.41) is 12.5. The van der Waals surface area contributed by atoms with E-state index >= 15 is 0 Å². The molecule has 0 radical (unpaired) electrons. The number of nitrogens with one attached hydrogen (secondary N) is 1. The van der Waals surface area contributed by atoms with E-state index in [1.165, 1.54) is 6.07 Å². The molecule has 2 rings (SSSR count). The molecule has 1 aliphatic heterocycles. The highest BCUT2D eigenvalue weighted by molar-refractivity contribution is 5.29. The van der Waals surface area contributed by atoms with E-state index in [0.29, 0.717) is 5.56 Å². The van der Waals surface area contributed by atoms with E-state index in [1.807, 2.05) is 0 Å². The Morgan fingerprint density at radius 1 is 1.40 bits per heavy atom. The van der Waals surface area contributed by atoms with E-state index < -0.39 is 6.17 Å². The van der Waals surface area contributed by atoms with E-state index in [0.717, 1.165) is 25.8 Å². The van der Waals surface area contributed by atoms with Crippen molar-refractivity contribution in [3.05, 3.63) is 29.8 Å². The molecule has 2 nitrogen and oxygen atoms in total. The second kappa shape index (κ2) is 4.62. The molecule has 1 aromatic rings. The zero-order valence-corrected chi connectivity index (χ0v) is 8.62. The van der Waals surface area contributed by atoms with Gasteiger partial charge in [-0.25, -0.2) is 4.39 Å². The molecule has 1 saturated heterocycles. The molecule has 0 amide bonds. The van der Waals surface area contributed by atoms with Crippen molar-refractivity contribution in [2.45, 2.75) is 31.5 Å². The summed E-state index contributed by atoms with van der Waals surface area (Å²) in [6.07, 6.45) is 2.06. The number of alkyl halides is 1. The third-order valence-corrected chi connectivity index (χ3v) is 2.89. The first-order valence-electron chi connectivity index (χ1n) is 5.44. The number of piperidine rings is 1. The zero-order valence-electron chi connectivity index (χ0n) is 8.62. The normalized spacial score (nSPS) is 23.7. The van der Waals surface area contributed by atoms with Gasteiger partial charge in [-0.15, -0.1) is 0 Å². The molecule has 82 valence electrons. The number of phenols is 1. The number of halogens is 1. The first-order chi connectivity index (χ1) is 7.27. The minimum atomic E-state index is -1.02. The fraction of sp³-hybridized carbons (Fsp3) is 0.500. The van der Waals surface area contributed by atoms with Crippen LogP contribution in [0.1, 0.15) is 31.0 Å². The van der Waals surface area contributed by atoms with E-state index in [2.05, 4.69) is 5.32 Å². The first-order valence-corrected chi connectivity index (χ1v) is 5.44. The standard InChI is InChI=1S/C12H16FNO/c13-12(11-6-1-2-7-14-11)9-4-3-5-10(15)8-9/h3-5,8,11-12,14-15H,1-2,6-7H2. The Morgan fingerprint density at radius 3 is 2.93 bits per heavy atom. The smallest absolute Gasteiger partial charge is 0.140 e. The van der Waals surface area contributed by atoms with Gasteiger partial charge in [0, 0.05) is 6.04 Å². The van der Waals surface area contributed by atoms with Crippen molar-refractivity contribution >= 4 is 0 Å². The molecular weight excluding hydrogens is 193 g/mol. The molecule has 1 heterocycles. The van der Waals surface area contributed by atoms with E-state index in [4.69, 9.17) is 0 Å². The molecule has 0 aromatic heterocycles. The number of aromatic hydroxyl groups is 1. The zero-order chi connectivity index (χ0) is 10.7. The summed E-state index contributed by atoms with van der Waals surface area (Å²) in [6.45, 7) is 0.893. The summed E-state index contributed by atoms with van der Waals surface area (Å²) in [5.41, 5.74) is 0.564. The highest BCUT2D eigenvalue weighted by atomic mass is 19.1. The molecule has 1 fully saturated rings. The van der Waals surface area contributed by atoms with Crippen LogP contribution in [0.3, 0.4) is 0 Å². The highest BCUT2D eigenvalue weighted by Crippen LogP contribution is 2.28. The molecule has 1 aromatic carbocycles. The maximum atomic E-state index is 14.0. The lowest BCUT2D eigenvalue weighted by molar-refractivity contribution is 0.221. The fourth-order valence-corrected chi connectivity index (χ4v) is 2.06. The lowest BCUT2D eigenvalue weighted by atomic mass is 9.96. The van der Waals surface area contributed by atoms with Crippen molar-refractivity contribution < 1.29 is 9.50 Å². The van der Waals surface area contributed by atoms with E-state index in [1.54, 1.807) is 18.2 Å². The van der Waals surface area contributed by atoms with Gasteiger partial charge >= 0.3 is 0 Å². The molecule has 15 heavy (non-hydrogen) atoms. The van der Waals surface area contributed by atoms with Crippen LogP contribution in [0.2, 0.25) is 0 Å². The summed E-state index contributed by atoms with van der Waals surface area (Å²) in [4.78, 5) is 0. The average molecular weight is 209 g/mol. The maximum absolute atomic E-state index is 14.0. The van der Waals surface area contributed by atoms with Gasteiger partial charge in [0.1, 0.15) is 11.9 Å². The SMILES string of the molecule is Oc1cccc(C(F)C2CCCCN2)c1. The van der Waals surface area contributed by atoms with Crippen molar-refractivity contribution in [1.82, 2.24) is 5.32 Å². The summed E-state index contributed by atoms with van der Waals surface area (Å²) < 4.78 is 14.0. The van der Waals surface area contributed by atoms with Gasteiger partial charge in [0.25, 0.3) is 0 Å². The third-order valence-electron chi connectivity index (χ3n) is 2.89. The van der Waals surface area contributed by atoms with E-state index in [-0.39, 0.29) is 11.8 Å². The molecule has 0 bridgehead atoms. The Labute approximate surface area is 89.1 Å². The minimum Gasteiger partial charge on any atom is -0.508 e. The molecule has 2 N–H and O–H groups in total. The van der Waals surface area contributed by atoms with Crippen molar-refractivity contribution in [3.8, 4) is 5.75 Å². The Kier molecular flexibility index (Phi) is 3.21. The lowest BCUT2D eigenvalue weighted by Crippen LogP contribution is -2.37. The number of rotatable bonds is 2. The summed E-state index contributed by atoms with van der Waals surface area (Å²) >= 11 is 0. The lowest BCUT2D eigenvalue weighted by Gasteiger charge is -2.26. The number of phenolic OH excluding ortho intramolecular Hbond substituents is 1. The molecule has 2 unspecified atom stereocenters. The van der Waals surface area contributed by atoms with Crippen LogP contribution in [-0.2, 0) is 0 Å². The largest absolute Gasteiger partial charge is 0.508 e. The van der Waals surface area contributed by atoms with Crippen molar-refractivity contribution in [2.24, 2.45) is 0 Å². The van der Waals surface area contributed by atoms with Gasteiger partial charge in [0.05, 0.1) is 0 Å². The van der Waals surface area contributed by atoms with E-state index in [9.17, 15) is 9.50 Å². The first kappa shape index (κ1) is 10.4. The van der Waals surface area contributed by atoms with Gasteiger partial charge in [-0.3, -0.25) is 0 Å². The summed E-state index contributed by atoms with van der Waals surface area (Å²) in [7, 11) is 0. The van der Waals surface area contributed by atoms with Gasteiger partial charge in [-0.05, 0) is 37.1 Å². The van der Waals surface area contributed by atoms with Gasteiger partial charge in [0.15, 0.2) is 0 Å². The van der Waals surface area contributed by atoms with Crippen LogP contribution in [0.5, 0.6) is 5.75 Å². The molecule has 2 atom stereocenters. The van der Waals surface area contributed by atoms with Crippen LogP contribution >= 0.6 is 0 Å². The minimum absolute atomic E-state index is 0.0967. The third kappa shape index (κ3) is 2.48. The van der Waals surface area contributed by atoms with Crippen molar-refractivity contribution in [2.75, 3.05) is 6.54 Å². The number of hydrogen-bond donors (Lipinski definition) is 2. The highest BCUT2D eigenvalue weighted by Gasteiger charge is 2.24. The predicted molar refractivity (Wildman–Crippen MR) is 57.6 cm³/mol. The molecule has 0 saturated carbocycles. The molecule has 3 heteroatoms. The summed E-state index contributed by atoms with van der Waals surface area (Å²) in [6, 6.07) is 6.37. The van der Waals surface area contributed by atoms with Crippen LogP contribution < -0.4 is 5.32 Å². The van der Waals surface area contributed by atoms with Crippen LogP contribution in [0, 0.1) is 0 Å². The van der Waals surface area contributed by atoms with Gasteiger partial charge in [0.2, 0.25) is 0 Å². The molecular formula is C12H16FNO. The van der Waals surface area contributed by atoms with Crippen LogP contribution in [0.15, 0.2) is 24.3 Å². The fourth-order valence-electron chi connectivity index (χ4n) is 2.06. The predicted octanol–water partition coefficient (Wildman–Crippen LogP) is 2.54.